The molecule has 3 aromatic rings. The van der Waals surface area contributed by atoms with Crippen LogP contribution in [0.3, 0.4) is 0 Å². The van der Waals surface area contributed by atoms with Crippen LogP contribution in [0.2, 0.25) is 15.1 Å². The van der Waals surface area contributed by atoms with E-state index < -0.39 is 5.82 Å². The van der Waals surface area contributed by atoms with Gasteiger partial charge in [-0.15, -0.1) is 0 Å². The molecule has 4 nitrogen and oxygen atoms in total. The van der Waals surface area contributed by atoms with Gasteiger partial charge in [-0.1, -0.05) is 34.8 Å². The minimum atomic E-state index is -0.539. The minimum Gasteiger partial charge on any atom is -0.369 e. The van der Waals surface area contributed by atoms with Crippen molar-refractivity contribution in [2.24, 2.45) is 0 Å². The van der Waals surface area contributed by atoms with E-state index in [0.717, 1.165) is 12.1 Å². The number of fused-ring (bicyclic) bond motifs is 1. The molecule has 2 aromatic heterocycles. The topological polar surface area (TPSA) is 56.7 Å². The number of halogens is 4. The molecular formula is C12H6Cl3FN4. The molecule has 0 saturated heterocycles. The average Bonchev–Trinajstić information content (AvgIpc) is 2.64. The van der Waals surface area contributed by atoms with E-state index in [9.17, 15) is 4.39 Å². The first-order valence-electron chi connectivity index (χ1n) is 5.42. The number of nitrogen functional groups attached to an aromatic ring is 1. The maximum absolute atomic E-state index is 13.3. The van der Waals surface area contributed by atoms with Gasteiger partial charge in [0, 0.05) is 6.20 Å². The Labute approximate surface area is 127 Å². The van der Waals surface area contributed by atoms with E-state index in [0.29, 0.717) is 21.9 Å². The highest BCUT2D eigenvalue weighted by Gasteiger charge is 2.18. The van der Waals surface area contributed by atoms with Crippen LogP contribution in [0, 0.1) is 5.82 Å². The summed E-state index contributed by atoms with van der Waals surface area (Å²) >= 11 is 18.0. The predicted octanol–water partition coefficient (Wildman–Crippen LogP) is 4.10. The van der Waals surface area contributed by atoms with Crippen LogP contribution in [0.4, 0.5) is 10.3 Å². The van der Waals surface area contributed by atoms with Gasteiger partial charge in [0.25, 0.3) is 0 Å². The molecule has 0 fully saturated rings. The Bertz CT molecular complexity index is 808. The van der Waals surface area contributed by atoms with Crippen LogP contribution in [0.1, 0.15) is 0 Å². The molecule has 0 unspecified atom stereocenters. The Kier molecular flexibility index (Phi) is 3.20. The number of rotatable bonds is 1. The summed E-state index contributed by atoms with van der Waals surface area (Å²) in [6.07, 6.45) is 1.45. The van der Waals surface area contributed by atoms with Crippen LogP contribution >= 0.6 is 34.8 Å². The lowest BCUT2D eigenvalue weighted by molar-refractivity contribution is 0.627. The fraction of sp³-hybridized carbons (Fsp3) is 0. The number of imidazole rings is 1. The zero-order valence-electron chi connectivity index (χ0n) is 9.74. The molecule has 2 heterocycles. The second-order valence-electron chi connectivity index (χ2n) is 4.02. The van der Waals surface area contributed by atoms with Crippen LogP contribution in [-0.2, 0) is 0 Å². The van der Waals surface area contributed by atoms with E-state index >= 15 is 0 Å². The molecule has 0 amide bonds. The van der Waals surface area contributed by atoms with Gasteiger partial charge < -0.3 is 5.73 Å². The summed E-state index contributed by atoms with van der Waals surface area (Å²) in [5.41, 5.74) is 7.12. The SMILES string of the molecule is Nc1nc2cc(Cl)cnc2n1-c1c(Cl)cc(F)cc1Cl. The van der Waals surface area contributed by atoms with Crippen molar-refractivity contribution in [3.05, 3.63) is 45.3 Å². The smallest absolute Gasteiger partial charge is 0.207 e. The molecule has 0 aliphatic rings. The molecule has 0 radical (unpaired) electrons. The highest BCUT2D eigenvalue weighted by Crippen LogP contribution is 2.34. The standard InChI is InChI=1S/C12H6Cl3FN4/c13-5-1-9-11(18-4-5)20(12(17)19-9)10-7(14)2-6(16)3-8(10)15/h1-4H,(H2,17,19). The van der Waals surface area contributed by atoms with Crippen LogP contribution < -0.4 is 5.73 Å². The summed E-state index contributed by atoms with van der Waals surface area (Å²) < 4.78 is 14.7. The van der Waals surface area contributed by atoms with Crippen molar-refractivity contribution in [2.75, 3.05) is 5.73 Å². The van der Waals surface area contributed by atoms with Gasteiger partial charge in [-0.05, 0) is 18.2 Å². The molecule has 20 heavy (non-hydrogen) atoms. The Morgan fingerprint density at radius 1 is 1.10 bits per heavy atom. The normalized spacial score (nSPS) is 11.2. The number of anilines is 1. The van der Waals surface area contributed by atoms with Crippen LogP contribution in [0.5, 0.6) is 0 Å². The summed E-state index contributed by atoms with van der Waals surface area (Å²) in [5, 5.41) is 0.647. The zero-order valence-corrected chi connectivity index (χ0v) is 12.0. The number of hydrogen-bond donors (Lipinski definition) is 1. The van der Waals surface area contributed by atoms with Gasteiger partial charge in [-0.3, -0.25) is 4.57 Å². The third kappa shape index (κ3) is 2.08. The van der Waals surface area contributed by atoms with Gasteiger partial charge >= 0.3 is 0 Å². The monoisotopic (exact) mass is 330 g/mol. The van der Waals surface area contributed by atoms with Crippen molar-refractivity contribution in [1.29, 1.82) is 0 Å². The predicted molar refractivity (Wildman–Crippen MR) is 78.3 cm³/mol. The number of hydrogen-bond acceptors (Lipinski definition) is 3. The van der Waals surface area contributed by atoms with Gasteiger partial charge in [-0.2, -0.15) is 0 Å². The minimum absolute atomic E-state index is 0.109. The molecule has 3 rings (SSSR count). The zero-order chi connectivity index (χ0) is 14.4. The molecular weight excluding hydrogens is 326 g/mol. The third-order valence-corrected chi connectivity index (χ3v) is 3.48. The van der Waals surface area contributed by atoms with Crippen molar-refractivity contribution in [3.63, 3.8) is 0 Å². The molecule has 1 aromatic carbocycles. The molecule has 0 atom stereocenters. The summed E-state index contributed by atoms with van der Waals surface area (Å²) in [6.45, 7) is 0. The van der Waals surface area contributed by atoms with E-state index in [-0.39, 0.29) is 16.0 Å². The Balaban J connectivity index is 2.38. The van der Waals surface area contributed by atoms with Gasteiger partial charge in [0.05, 0.1) is 20.8 Å². The van der Waals surface area contributed by atoms with Crippen molar-refractivity contribution >= 4 is 51.9 Å². The molecule has 0 bridgehead atoms. The lowest BCUT2D eigenvalue weighted by atomic mass is 10.3. The molecule has 0 spiro atoms. The number of nitrogens with two attached hydrogens (primary N) is 1. The van der Waals surface area contributed by atoms with E-state index in [2.05, 4.69) is 9.97 Å². The summed E-state index contributed by atoms with van der Waals surface area (Å²) in [6, 6.07) is 3.90. The maximum Gasteiger partial charge on any atom is 0.207 e. The van der Waals surface area contributed by atoms with Crippen LogP contribution in [0.15, 0.2) is 24.4 Å². The highest BCUT2D eigenvalue weighted by atomic mass is 35.5. The fourth-order valence-corrected chi connectivity index (χ4v) is 2.71. The fourth-order valence-electron chi connectivity index (χ4n) is 1.93. The third-order valence-electron chi connectivity index (χ3n) is 2.70. The number of aromatic nitrogens is 3. The van der Waals surface area contributed by atoms with Crippen molar-refractivity contribution in [3.8, 4) is 5.69 Å². The molecule has 0 saturated carbocycles. The lowest BCUT2D eigenvalue weighted by Crippen LogP contribution is -2.03. The average molecular weight is 332 g/mol. The van der Waals surface area contributed by atoms with Crippen molar-refractivity contribution < 1.29 is 4.39 Å². The maximum atomic E-state index is 13.3. The molecule has 0 aliphatic heterocycles. The van der Waals surface area contributed by atoms with Crippen LogP contribution in [-0.4, -0.2) is 14.5 Å². The first kappa shape index (κ1) is 13.4. The number of benzene rings is 1. The quantitative estimate of drug-likeness (QED) is 0.730. The van der Waals surface area contributed by atoms with E-state index in [4.69, 9.17) is 40.5 Å². The lowest BCUT2D eigenvalue weighted by Gasteiger charge is -2.10. The number of pyridine rings is 1. The second-order valence-corrected chi connectivity index (χ2v) is 5.27. The molecule has 0 aliphatic carbocycles. The van der Waals surface area contributed by atoms with Crippen molar-refractivity contribution in [2.45, 2.75) is 0 Å². The van der Waals surface area contributed by atoms with Crippen molar-refractivity contribution in [1.82, 2.24) is 14.5 Å². The first-order valence-corrected chi connectivity index (χ1v) is 6.55. The van der Waals surface area contributed by atoms with Gasteiger partial charge in [0.2, 0.25) is 5.95 Å². The number of nitrogens with zero attached hydrogens (tertiary/aromatic N) is 3. The summed E-state index contributed by atoms with van der Waals surface area (Å²) in [4.78, 5) is 8.30. The Morgan fingerprint density at radius 2 is 1.75 bits per heavy atom. The highest BCUT2D eigenvalue weighted by molar-refractivity contribution is 6.38. The molecule has 2 N–H and O–H groups in total. The molecule has 8 heteroatoms. The largest absolute Gasteiger partial charge is 0.369 e. The van der Waals surface area contributed by atoms with E-state index in [1.807, 2.05) is 0 Å². The van der Waals surface area contributed by atoms with Gasteiger partial charge in [0.1, 0.15) is 11.3 Å². The van der Waals surface area contributed by atoms with Gasteiger partial charge in [0.15, 0.2) is 5.65 Å². The second kappa shape index (κ2) is 4.77. The Morgan fingerprint density at radius 3 is 2.40 bits per heavy atom. The summed E-state index contributed by atoms with van der Waals surface area (Å²) in [7, 11) is 0. The summed E-state index contributed by atoms with van der Waals surface area (Å²) in [5.74, 6) is -0.409. The van der Waals surface area contributed by atoms with E-state index in [1.54, 1.807) is 6.07 Å². The Hall–Kier alpha value is -1.56. The molecule has 102 valence electrons. The van der Waals surface area contributed by atoms with Gasteiger partial charge in [-0.25, -0.2) is 14.4 Å². The van der Waals surface area contributed by atoms with E-state index in [1.165, 1.54) is 10.8 Å². The van der Waals surface area contributed by atoms with Crippen LogP contribution in [0.25, 0.3) is 16.9 Å². The first-order chi connectivity index (χ1) is 9.47.